The van der Waals surface area contributed by atoms with E-state index in [-0.39, 0.29) is 17.1 Å². The summed E-state index contributed by atoms with van der Waals surface area (Å²) in [5, 5.41) is 2.71. The van der Waals surface area contributed by atoms with Crippen molar-refractivity contribution in [1.29, 1.82) is 0 Å². The van der Waals surface area contributed by atoms with Crippen molar-refractivity contribution in [2.45, 2.75) is 37.8 Å². The van der Waals surface area contributed by atoms with Crippen LogP contribution in [0, 0.1) is 0 Å². The van der Waals surface area contributed by atoms with E-state index in [1.807, 2.05) is 0 Å². The molecule has 0 bridgehead atoms. The molecule has 0 saturated heterocycles. The Labute approximate surface area is 104 Å². The minimum Gasteiger partial charge on any atom is -0.349 e. The summed E-state index contributed by atoms with van der Waals surface area (Å²) in [4.78, 5) is 11.9. The Morgan fingerprint density at radius 1 is 1.56 bits per heavy atom. The van der Waals surface area contributed by atoms with E-state index in [4.69, 9.17) is 5.73 Å². The van der Waals surface area contributed by atoms with Gasteiger partial charge >= 0.3 is 0 Å². The topological polar surface area (TPSA) is 60.0 Å². The van der Waals surface area contributed by atoms with Gasteiger partial charge in [0.15, 0.2) is 0 Å². The number of nitrogens with two attached hydrogens (primary N) is 1. The van der Waals surface area contributed by atoms with Gasteiger partial charge in [0.05, 0.1) is 6.54 Å². The molecule has 0 spiro atoms. The van der Waals surface area contributed by atoms with Crippen LogP contribution in [0.5, 0.6) is 0 Å². The van der Waals surface area contributed by atoms with Crippen molar-refractivity contribution in [2.24, 2.45) is 5.73 Å². The number of nitrogens with zero attached hydrogens (tertiary/aromatic N) is 1. The summed E-state index contributed by atoms with van der Waals surface area (Å²) in [5.41, 5.74) is 5.92. The number of hydrogen-bond acceptors (Lipinski definition) is 2. The quantitative estimate of drug-likeness (QED) is 0.836. The minimum absolute atomic E-state index is 0.248. The van der Waals surface area contributed by atoms with Gasteiger partial charge in [-0.25, -0.2) is 8.78 Å². The Kier molecular flexibility index (Phi) is 3.65. The Morgan fingerprint density at radius 3 is 2.83 bits per heavy atom. The van der Waals surface area contributed by atoms with Gasteiger partial charge in [-0.15, -0.1) is 0 Å². The lowest BCUT2D eigenvalue weighted by Gasteiger charge is -2.38. The Hall–Kier alpha value is -1.43. The molecule has 2 rings (SSSR count). The van der Waals surface area contributed by atoms with Gasteiger partial charge in [0, 0.05) is 18.3 Å². The number of nitrogens with one attached hydrogen (secondary N) is 1. The maximum atomic E-state index is 12.3. The first-order valence-electron chi connectivity index (χ1n) is 6.01. The first kappa shape index (κ1) is 13.0. The van der Waals surface area contributed by atoms with Gasteiger partial charge in [0.25, 0.3) is 12.3 Å². The van der Waals surface area contributed by atoms with E-state index < -0.39 is 13.0 Å². The number of hydrogen-bond donors (Lipinski definition) is 2. The molecule has 3 N–H and O–H groups in total. The van der Waals surface area contributed by atoms with Crippen molar-refractivity contribution in [2.75, 3.05) is 6.54 Å². The molecule has 6 heteroatoms. The van der Waals surface area contributed by atoms with Gasteiger partial charge in [0.1, 0.15) is 5.69 Å². The van der Waals surface area contributed by atoms with Crippen LogP contribution in [0.1, 0.15) is 29.8 Å². The van der Waals surface area contributed by atoms with Gasteiger partial charge in [-0.1, -0.05) is 0 Å². The number of halogens is 2. The first-order chi connectivity index (χ1) is 8.50. The third-order valence-electron chi connectivity index (χ3n) is 3.35. The Bertz CT molecular complexity index is 427. The highest BCUT2D eigenvalue weighted by Gasteiger charge is 2.32. The molecule has 4 nitrogen and oxygen atoms in total. The molecule has 1 aromatic rings. The molecule has 1 aromatic heterocycles. The molecule has 1 heterocycles. The zero-order chi connectivity index (χ0) is 13.2. The van der Waals surface area contributed by atoms with Gasteiger partial charge in [-0.05, 0) is 31.4 Å². The van der Waals surface area contributed by atoms with Crippen LogP contribution in [-0.4, -0.2) is 29.0 Å². The lowest BCUT2D eigenvalue weighted by molar-refractivity contribution is 0.0907. The summed E-state index contributed by atoms with van der Waals surface area (Å²) in [6, 6.07) is 3.11. The van der Waals surface area contributed by atoms with E-state index in [1.165, 1.54) is 16.8 Å². The highest BCUT2D eigenvalue weighted by molar-refractivity contribution is 5.92. The lowest BCUT2D eigenvalue weighted by Crippen LogP contribution is -2.55. The van der Waals surface area contributed by atoms with E-state index in [0.717, 1.165) is 19.3 Å². The van der Waals surface area contributed by atoms with Crippen LogP contribution in [0.2, 0.25) is 0 Å². The third kappa shape index (κ3) is 2.87. The monoisotopic (exact) mass is 257 g/mol. The van der Waals surface area contributed by atoms with Crippen LogP contribution < -0.4 is 11.1 Å². The highest BCUT2D eigenvalue weighted by atomic mass is 19.3. The van der Waals surface area contributed by atoms with Crippen molar-refractivity contribution in [1.82, 2.24) is 9.88 Å². The molecule has 0 aromatic carbocycles. The molecule has 0 atom stereocenters. The smallest absolute Gasteiger partial charge is 0.267 e. The zero-order valence-electron chi connectivity index (χ0n) is 10.0. The van der Waals surface area contributed by atoms with Crippen molar-refractivity contribution in [3.63, 3.8) is 0 Å². The van der Waals surface area contributed by atoms with Crippen molar-refractivity contribution in [3.05, 3.63) is 24.0 Å². The van der Waals surface area contributed by atoms with E-state index in [9.17, 15) is 13.6 Å². The summed E-state index contributed by atoms with van der Waals surface area (Å²) < 4.78 is 25.9. The highest BCUT2D eigenvalue weighted by Crippen LogP contribution is 2.28. The number of aromatic nitrogens is 1. The van der Waals surface area contributed by atoms with Gasteiger partial charge in [-0.3, -0.25) is 4.79 Å². The second-order valence-electron chi connectivity index (χ2n) is 4.84. The summed E-state index contributed by atoms with van der Waals surface area (Å²) in [7, 11) is 0. The van der Waals surface area contributed by atoms with Crippen LogP contribution in [0.4, 0.5) is 8.78 Å². The van der Waals surface area contributed by atoms with Crippen LogP contribution in [0.3, 0.4) is 0 Å². The number of carbonyl (C=O) groups excluding carboxylic acids is 1. The minimum atomic E-state index is -2.48. The number of alkyl halides is 2. The SMILES string of the molecule is NC1(CNC(=O)c2cccn2CC(F)F)CCC1. The molecular formula is C12H17F2N3O. The molecule has 1 aliphatic rings. The van der Waals surface area contributed by atoms with Gasteiger partial charge in [-0.2, -0.15) is 0 Å². The molecule has 1 saturated carbocycles. The molecular weight excluding hydrogens is 240 g/mol. The maximum Gasteiger partial charge on any atom is 0.267 e. The van der Waals surface area contributed by atoms with Crippen molar-refractivity contribution >= 4 is 5.91 Å². The molecule has 0 aliphatic heterocycles. The summed E-state index contributed by atoms with van der Waals surface area (Å²) >= 11 is 0. The fourth-order valence-electron chi connectivity index (χ4n) is 2.08. The van der Waals surface area contributed by atoms with Crippen LogP contribution in [0.25, 0.3) is 0 Å². The average molecular weight is 257 g/mol. The van der Waals surface area contributed by atoms with Crippen LogP contribution in [-0.2, 0) is 6.54 Å². The van der Waals surface area contributed by atoms with E-state index >= 15 is 0 Å². The number of carbonyl (C=O) groups is 1. The Morgan fingerprint density at radius 2 is 2.28 bits per heavy atom. The number of amides is 1. The average Bonchev–Trinajstić information content (AvgIpc) is 2.70. The number of rotatable bonds is 5. The predicted octanol–water partition coefficient (Wildman–Crippen LogP) is 1.36. The van der Waals surface area contributed by atoms with Crippen molar-refractivity contribution in [3.8, 4) is 0 Å². The van der Waals surface area contributed by atoms with Crippen molar-refractivity contribution < 1.29 is 13.6 Å². The third-order valence-corrected chi connectivity index (χ3v) is 3.35. The maximum absolute atomic E-state index is 12.3. The van der Waals surface area contributed by atoms with Gasteiger partial charge in [0.2, 0.25) is 0 Å². The normalized spacial score (nSPS) is 17.6. The largest absolute Gasteiger partial charge is 0.349 e. The van der Waals surface area contributed by atoms with Crippen LogP contribution >= 0.6 is 0 Å². The molecule has 0 radical (unpaired) electrons. The van der Waals surface area contributed by atoms with Crippen LogP contribution in [0.15, 0.2) is 18.3 Å². The summed E-state index contributed by atoms with van der Waals surface area (Å²) in [5.74, 6) is -0.350. The summed E-state index contributed by atoms with van der Waals surface area (Å²) in [6.45, 7) is -0.0742. The van der Waals surface area contributed by atoms with Gasteiger partial charge < -0.3 is 15.6 Å². The fraction of sp³-hybridized carbons (Fsp3) is 0.583. The molecule has 1 amide bonds. The molecule has 1 fully saturated rings. The predicted molar refractivity (Wildman–Crippen MR) is 63.5 cm³/mol. The molecule has 1 aliphatic carbocycles. The fourth-order valence-corrected chi connectivity index (χ4v) is 2.08. The Balaban J connectivity index is 1.94. The van der Waals surface area contributed by atoms with E-state index in [0.29, 0.717) is 6.54 Å². The second-order valence-corrected chi connectivity index (χ2v) is 4.84. The van der Waals surface area contributed by atoms with E-state index in [1.54, 1.807) is 6.07 Å². The summed E-state index contributed by atoms with van der Waals surface area (Å²) in [6.07, 6.45) is 1.87. The molecule has 100 valence electrons. The molecule has 18 heavy (non-hydrogen) atoms. The second kappa shape index (κ2) is 5.06. The van der Waals surface area contributed by atoms with E-state index in [2.05, 4.69) is 5.32 Å². The zero-order valence-corrected chi connectivity index (χ0v) is 10.0. The molecule has 0 unspecified atom stereocenters. The lowest BCUT2D eigenvalue weighted by atomic mass is 9.78. The first-order valence-corrected chi connectivity index (χ1v) is 6.01. The standard InChI is InChI=1S/C12H17F2N3O/c13-10(14)7-17-6-1-3-9(17)11(18)16-8-12(15)4-2-5-12/h1,3,6,10H,2,4-5,7-8,15H2,(H,16,18).